The fourth-order valence-electron chi connectivity index (χ4n) is 2.29. The molecule has 0 aliphatic carbocycles. The first-order valence-electron chi connectivity index (χ1n) is 7.66. The molecule has 0 heterocycles. The van der Waals surface area contributed by atoms with Gasteiger partial charge in [-0.05, 0) is 42.8 Å². The van der Waals surface area contributed by atoms with E-state index in [1.165, 1.54) is 19.2 Å². The average Bonchev–Trinajstić information content (AvgIpc) is 2.59. The van der Waals surface area contributed by atoms with Gasteiger partial charge in [0.15, 0.2) is 18.1 Å². The maximum Gasteiger partial charge on any atom is 0.255 e. The van der Waals surface area contributed by atoms with Crippen molar-refractivity contribution >= 4 is 35.0 Å². The van der Waals surface area contributed by atoms with E-state index in [1.807, 2.05) is 6.92 Å². The lowest BCUT2D eigenvalue weighted by atomic mass is 10.1. The highest BCUT2D eigenvalue weighted by molar-refractivity contribution is 6.35. The van der Waals surface area contributed by atoms with Crippen molar-refractivity contribution < 1.29 is 19.1 Å². The van der Waals surface area contributed by atoms with Crippen LogP contribution in [0.2, 0.25) is 10.0 Å². The molecule has 3 N–H and O–H groups in total. The van der Waals surface area contributed by atoms with Crippen LogP contribution in [-0.2, 0) is 4.79 Å². The molecule has 0 saturated carbocycles. The van der Waals surface area contributed by atoms with Crippen LogP contribution >= 0.6 is 23.2 Å². The molecule has 0 bridgehead atoms. The number of nitrogens with one attached hydrogen (secondary N) is 1. The third-order valence-corrected chi connectivity index (χ3v) is 4.13. The average molecular weight is 397 g/mol. The van der Waals surface area contributed by atoms with Crippen molar-refractivity contribution in [1.29, 1.82) is 0 Å². The normalized spacial score (nSPS) is 11.5. The van der Waals surface area contributed by atoms with Gasteiger partial charge in [-0.3, -0.25) is 9.59 Å². The van der Waals surface area contributed by atoms with E-state index in [2.05, 4.69) is 5.32 Å². The van der Waals surface area contributed by atoms with Crippen LogP contribution in [-0.4, -0.2) is 25.5 Å². The van der Waals surface area contributed by atoms with E-state index < -0.39 is 5.91 Å². The molecule has 8 heteroatoms. The van der Waals surface area contributed by atoms with Gasteiger partial charge in [0.1, 0.15) is 0 Å². The zero-order valence-corrected chi connectivity index (χ0v) is 15.7. The number of nitrogens with two attached hydrogens (primary N) is 1. The highest BCUT2D eigenvalue weighted by atomic mass is 35.5. The number of carbonyl (C=O) groups excluding carboxylic acids is 2. The van der Waals surface area contributed by atoms with Gasteiger partial charge < -0.3 is 20.5 Å². The van der Waals surface area contributed by atoms with Gasteiger partial charge >= 0.3 is 0 Å². The molecule has 6 nitrogen and oxygen atoms in total. The highest BCUT2D eigenvalue weighted by Gasteiger charge is 2.16. The van der Waals surface area contributed by atoms with Crippen molar-refractivity contribution in [1.82, 2.24) is 5.32 Å². The van der Waals surface area contributed by atoms with Crippen molar-refractivity contribution in [2.75, 3.05) is 13.7 Å². The molecule has 0 saturated heterocycles. The van der Waals surface area contributed by atoms with Crippen LogP contribution < -0.4 is 20.5 Å². The van der Waals surface area contributed by atoms with Crippen LogP contribution in [0.4, 0.5) is 0 Å². The fourth-order valence-corrected chi connectivity index (χ4v) is 2.86. The lowest BCUT2D eigenvalue weighted by Crippen LogP contribution is -2.27. The molecule has 0 aliphatic rings. The summed E-state index contributed by atoms with van der Waals surface area (Å²) < 4.78 is 10.4. The molecular weight excluding hydrogens is 379 g/mol. The highest BCUT2D eigenvalue weighted by Crippen LogP contribution is 2.29. The Balaban J connectivity index is 2.14. The van der Waals surface area contributed by atoms with Gasteiger partial charge in [-0.15, -0.1) is 0 Å². The summed E-state index contributed by atoms with van der Waals surface area (Å²) in [4.78, 5) is 23.3. The molecule has 0 radical (unpaired) electrons. The molecule has 0 spiro atoms. The zero-order chi connectivity index (χ0) is 19.3. The standard InChI is InChI=1S/C18H18Cl2N2O4/c1-10(13-5-4-12(19)8-14(13)20)22-18(24)11-3-6-15(16(7-11)25-2)26-9-17(21)23/h3-8,10H,9H2,1-2H3,(H2,21,23)(H,22,24)/t10-/m1/s1. The molecule has 2 rings (SSSR count). The molecule has 0 aliphatic heterocycles. The topological polar surface area (TPSA) is 90.7 Å². The monoisotopic (exact) mass is 396 g/mol. The molecule has 138 valence electrons. The SMILES string of the molecule is COc1cc(C(=O)N[C@H](C)c2ccc(Cl)cc2Cl)ccc1OCC(N)=O. The van der Waals surface area contributed by atoms with Gasteiger partial charge in [-0.2, -0.15) is 0 Å². The number of benzene rings is 2. The second kappa shape index (κ2) is 8.78. The second-order valence-electron chi connectivity index (χ2n) is 5.48. The number of primary amides is 1. The Morgan fingerprint density at radius 3 is 2.50 bits per heavy atom. The van der Waals surface area contributed by atoms with Crippen molar-refractivity contribution in [3.8, 4) is 11.5 Å². The van der Waals surface area contributed by atoms with E-state index in [0.29, 0.717) is 27.1 Å². The first kappa shape index (κ1) is 19.9. The van der Waals surface area contributed by atoms with Crippen molar-refractivity contribution in [3.05, 3.63) is 57.6 Å². The minimum atomic E-state index is -0.609. The Morgan fingerprint density at radius 1 is 1.15 bits per heavy atom. The first-order chi connectivity index (χ1) is 12.3. The van der Waals surface area contributed by atoms with Gasteiger partial charge in [0.05, 0.1) is 13.2 Å². The van der Waals surface area contributed by atoms with Gasteiger partial charge in [0.2, 0.25) is 0 Å². The van der Waals surface area contributed by atoms with Crippen LogP contribution in [0.15, 0.2) is 36.4 Å². The van der Waals surface area contributed by atoms with Crippen LogP contribution in [0, 0.1) is 0 Å². The van der Waals surface area contributed by atoms with Crippen molar-refractivity contribution in [2.24, 2.45) is 5.73 Å². The lowest BCUT2D eigenvalue weighted by molar-refractivity contribution is -0.119. The smallest absolute Gasteiger partial charge is 0.255 e. The fraction of sp³-hybridized carbons (Fsp3) is 0.222. The summed E-state index contributed by atoms with van der Waals surface area (Å²) in [7, 11) is 1.43. The van der Waals surface area contributed by atoms with E-state index >= 15 is 0 Å². The minimum absolute atomic E-state index is 0.284. The number of ether oxygens (including phenoxy) is 2. The number of rotatable bonds is 7. The Morgan fingerprint density at radius 2 is 1.88 bits per heavy atom. The summed E-state index contributed by atoms with van der Waals surface area (Å²) in [5, 5.41) is 3.85. The number of methoxy groups -OCH3 is 1. The molecule has 0 fully saturated rings. The van der Waals surface area contributed by atoms with E-state index in [0.717, 1.165) is 5.56 Å². The largest absolute Gasteiger partial charge is 0.493 e. The minimum Gasteiger partial charge on any atom is -0.493 e. The van der Waals surface area contributed by atoms with Gasteiger partial charge in [-0.1, -0.05) is 29.3 Å². The van der Waals surface area contributed by atoms with Gasteiger partial charge in [-0.25, -0.2) is 0 Å². The summed E-state index contributed by atoms with van der Waals surface area (Å²) in [5.74, 6) is -0.293. The van der Waals surface area contributed by atoms with Crippen LogP contribution in [0.25, 0.3) is 0 Å². The Labute approximate surface area is 161 Å². The Hall–Kier alpha value is -2.44. The number of hydrogen-bond acceptors (Lipinski definition) is 4. The van der Waals surface area contributed by atoms with Crippen LogP contribution in [0.1, 0.15) is 28.9 Å². The third-order valence-electron chi connectivity index (χ3n) is 3.57. The van der Waals surface area contributed by atoms with Crippen molar-refractivity contribution in [2.45, 2.75) is 13.0 Å². The molecular formula is C18H18Cl2N2O4. The quantitative estimate of drug-likeness (QED) is 0.750. The number of halogens is 2. The number of carbonyl (C=O) groups is 2. The molecule has 0 unspecified atom stereocenters. The molecule has 1 atom stereocenters. The Kier molecular flexibility index (Phi) is 6.71. The first-order valence-corrected chi connectivity index (χ1v) is 8.42. The molecule has 26 heavy (non-hydrogen) atoms. The van der Waals surface area contributed by atoms with E-state index in [9.17, 15) is 9.59 Å². The van der Waals surface area contributed by atoms with E-state index in [1.54, 1.807) is 24.3 Å². The second-order valence-corrected chi connectivity index (χ2v) is 6.33. The van der Waals surface area contributed by atoms with E-state index in [-0.39, 0.29) is 18.6 Å². The predicted molar refractivity (Wildman–Crippen MR) is 100 cm³/mol. The lowest BCUT2D eigenvalue weighted by Gasteiger charge is -2.17. The number of hydrogen-bond donors (Lipinski definition) is 2. The zero-order valence-electron chi connectivity index (χ0n) is 14.2. The third kappa shape index (κ3) is 5.03. The molecule has 2 aromatic rings. The molecule has 2 aromatic carbocycles. The summed E-state index contributed by atoms with van der Waals surface area (Å²) in [6.45, 7) is 1.53. The molecule has 2 amide bonds. The van der Waals surface area contributed by atoms with Gasteiger partial charge in [0.25, 0.3) is 11.8 Å². The summed E-state index contributed by atoms with van der Waals surface area (Å²) in [6, 6.07) is 9.37. The summed E-state index contributed by atoms with van der Waals surface area (Å²) >= 11 is 12.1. The summed E-state index contributed by atoms with van der Waals surface area (Å²) in [5.41, 5.74) is 6.17. The van der Waals surface area contributed by atoms with Crippen molar-refractivity contribution in [3.63, 3.8) is 0 Å². The number of amides is 2. The Bertz CT molecular complexity index is 827. The summed E-state index contributed by atoms with van der Waals surface area (Å²) in [6.07, 6.45) is 0. The van der Waals surface area contributed by atoms with E-state index in [4.69, 9.17) is 38.4 Å². The van der Waals surface area contributed by atoms with Crippen LogP contribution in [0.3, 0.4) is 0 Å². The predicted octanol–water partition coefficient (Wildman–Crippen LogP) is 3.36. The maximum atomic E-state index is 12.5. The van der Waals surface area contributed by atoms with Gasteiger partial charge in [0, 0.05) is 15.6 Å². The maximum absolute atomic E-state index is 12.5. The molecule has 0 aromatic heterocycles. The van der Waals surface area contributed by atoms with Crippen LogP contribution in [0.5, 0.6) is 11.5 Å².